The molecule has 2 unspecified atom stereocenters. The molecular formula is C28H30F2N6O4. The number of hydrogen-bond acceptors (Lipinski definition) is 7. The van der Waals surface area contributed by atoms with E-state index in [-0.39, 0.29) is 35.9 Å². The fourth-order valence-electron chi connectivity index (χ4n) is 4.36. The summed E-state index contributed by atoms with van der Waals surface area (Å²) in [7, 11) is 0. The summed E-state index contributed by atoms with van der Waals surface area (Å²) >= 11 is 0. The van der Waals surface area contributed by atoms with Gasteiger partial charge in [-0.25, -0.2) is 13.6 Å². The number of amides is 3. The second-order valence-corrected chi connectivity index (χ2v) is 10.3. The van der Waals surface area contributed by atoms with E-state index in [0.29, 0.717) is 12.0 Å². The number of hydrogen-bond donors (Lipinski definition) is 3. The maximum Gasteiger partial charge on any atom is 0.411 e. The Balaban J connectivity index is 1.62. The van der Waals surface area contributed by atoms with Crippen LogP contribution in [0.4, 0.5) is 19.3 Å². The molecule has 10 nitrogen and oxygen atoms in total. The van der Waals surface area contributed by atoms with Crippen LogP contribution in [0.5, 0.6) is 0 Å². The predicted molar refractivity (Wildman–Crippen MR) is 143 cm³/mol. The van der Waals surface area contributed by atoms with Gasteiger partial charge in [0.2, 0.25) is 0 Å². The number of piperidine rings is 1. The van der Waals surface area contributed by atoms with Crippen molar-refractivity contribution in [1.82, 2.24) is 20.4 Å². The van der Waals surface area contributed by atoms with Gasteiger partial charge in [-0.15, -0.1) is 10.2 Å². The van der Waals surface area contributed by atoms with Gasteiger partial charge in [0.15, 0.2) is 5.69 Å². The van der Waals surface area contributed by atoms with Gasteiger partial charge in [0.05, 0.1) is 11.3 Å². The first-order chi connectivity index (χ1) is 18.9. The first-order valence-corrected chi connectivity index (χ1v) is 12.7. The molecule has 1 saturated heterocycles. The normalized spacial score (nSPS) is 17.2. The Kier molecular flexibility index (Phi) is 8.26. The maximum absolute atomic E-state index is 14.4. The van der Waals surface area contributed by atoms with Crippen LogP contribution in [-0.2, 0) is 4.74 Å². The van der Waals surface area contributed by atoms with E-state index in [1.54, 1.807) is 51.1 Å². The minimum Gasteiger partial charge on any atom is -0.444 e. The number of nitrogens with one attached hydrogen (secondary N) is 2. The molecule has 0 aliphatic carbocycles. The first-order valence-electron chi connectivity index (χ1n) is 12.7. The molecule has 1 aliphatic heterocycles. The molecule has 0 spiro atoms. The molecule has 3 amide bonds. The number of nitrogens with zero attached hydrogens (tertiary/aromatic N) is 3. The van der Waals surface area contributed by atoms with Crippen molar-refractivity contribution in [3.63, 3.8) is 0 Å². The van der Waals surface area contributed by atoms with Gasteiger partial charge >= 0.3 is 6.09 Å². The van der Waals surface area contributed by atoms with Crippen LogP contribution in [0.2, 0.25) is 0 Å². The van der Waals surface area contributed by atoms with Crippen molar-refractivity contribution in [2.24, 2.45) is 5.73 Å². The van der Waals surface area contributed by atoms with E-state index >= 15 is 0 Å². The number of halogens is 2. The van der Waals surface area contributed by atoms with Gasteiger partial charge in [-0.2, -0.15) is 0 Å². The largest absolute Gasteiger partial charge is 0.444 e. The summed E-state index contributed by atoms with van der Waals surface area (Å²) in [6, 6.07) is 12.8. The molecule has 2 heterocycles. The molecule has 0 saturated carbocycles. The highest BCUT2D eigenvalue weighted by Gasteiger charge is 2.36. The quantitative estimate of drug-likeness (QED) is 0.419. The summed E-state index contributed by atoms with van der Waals surface area (Å²) < 4.78 is 34.4. The molecule has 40 heavy (non-hydrogen) atoms. The second kappa shape index (κ2) is 11.6. The highest BCUT2D eigenvalue weighted by Crippen LogP contribution is 2.29. The summed E-state index contributed by atoms with van der Waals surface area (Å²) in [6.07, 6.45) is -0.767. The van der Waals surface area contributed by atoms with E-state index in [4.69, 9.17) is 10.5 Å². The molecule has 4 N–H and O–H groups in total. The van der Waals surface area contributed by atoms with Crippen LogP contribution in [0, 0.1) is 11.6 Å². The van der Waals surface area contributed by atoms with Crippen LogP contribution >= 0.6 is 0 Å². The van der Waals surface area contributed by atoms with Crippen molar-refractivity contribution in [3.8, 4) is 11.3 Å². The van der Waals surface area contributed by atoms with E-state index in [1.807, 2.05) is 0 Å². The number of aromatic nitrogens is 2. The van der Waals surface area contributed by atoms with Crippen molar-refractivity contribution in [2.75, 3.05) is 11.9 Å². The van der Waals surface area contributed by atoms with Crippen molar-refractivity contribution in [3.05, 3.63) is 77.5 Å². The lowest BCUT2D eigenvalue weighted by molar-refractivity contribution is 0.00499. The molecule has 4 rings (SSSR count). The molecule has 1 fully saturated rings. The molecular weight excluding hydrogens is 522 g/mol. The average molecular weight is 553 g/mol. The van der Waals surface area contributed by atoms with Crippen LogP contribution < -0.4 is 16.4 Å². The molecule has 0 radical (unpaired) electrons. The van der Waals surface area contributed by atoms with Crippen molar-refractivity contribution < 1.29 is 27.9 Å². The molecule has 1 aromatic heterocycles. The monoisotopic (exact) mass is 552 g/mol. The van der Waals surface area contributed by atoms with Crippen LogP contribution in [-0.4, -0.2) is 57.4 Å². The Hall–Kier alpha value is -4.61. The van der Waals surface area contributed by atoms with Crippen LogP contribution in [0.1, 0.15) is 54.5 Å². The van der Waals surface area contributed by atoms with E-state index < -0.39 is 47.0 Å². The Bertz CT molecular complexity index is 1390. The number of ether oxygens (including phenoxy) is 1. The number of primary amides is 1. The lowest BCUT2D eigenvalue weighted by atomic mass is 10.0. The molecule has 2 atom stereocenters. The fourth-order valence-corrected chi connectivity index (χ4v) is 4.36. The van der Waals surface area contributed by atoms with Gasteiger partial charge in [-0.3, -0.25) is 14.5 Å². The average Bonchev–Trinajstić information content (AvgIpc) is 2.88. The van der Waals surface area contributed by atoms with Gasteiger partial charge in [0, 0.05) is 24.6 Å². The number of anilines is 1. The first kappa shape index (κ1) is 28.4. The summed E-state index contributed by atoms with van der Waals surface area (Å²) in [5.41, 5.74) is 4.50. The zero-order valence-electron chi connectivity index (χ0n) is 22.3. The zero-order valence-corrected chi connectivity index (χ0v) is 22.3. The van der Waals surface area contributed by atoms with E-state index in [0.717, 1.165) is 12.1 Å². The molecule has 2 aromatic carbocycles. The number of carbonyl (C=O) groups is 3. The Morgan fingerprint density at radius 1 is 1.02 bits per heavy atom. The lowest BCUT2D eigenvalue weighted by Gasteiger charge is -2.40. The van der Waals surface area contributed by atoms with E-state index in [1.165, 1.54) is 17.0 Å². The van der Waals surface area contributed by atoms with Gasteiger partial charge in [0.1, 0.15) is 29.1 Å². The minimum absolute atomic E-state index is 0.115. The second-order valence-electron chi connectivity index (χ2n) is 10.3. The summed E-state index contributed by atoms with van der Waals surface area (Å²) in [6.45, 7) is 5.43. The van der Waals surface area contributed by atoms with Crippen molar-refractivity contribution >= 4 is 23.6 Å². The van der Waals surface area contributed by atoms with Gasteiger partial charge in [-0.1, -0.05) is 24.3 Å². The van der Waals surface area contributed by atoms with E-state index in [9.17, 15) is 23.2 Å². The van der Waals surface area contributed by atoms with Gasteiger partial charge in [0.25, 0.3) is 11.8 Å². The Morgan fingerprint density at radius 3 is 2.33 bits per heavy atom. The molecule has 0 bridgehead atoms. The third kappa shape index (κ3) is 6.68. The Labute approximate surface area is 229 Å². The van der Waals surface area contributed by atoms with Crippen molar-refractivity contribution in [1.29, 1.82) is 0 Å². The van der Waals surface area contributed by atoms with Crippen molar-refractivity contribution in [2.45, 2.75) is 51.4 Å². The summed E-state index contributed by atoms with van der Waals surface area (Å²) in [5.74, 6) is -2.97. The number of benzene rings is 2. The Morgan fingerprint density at radius 2 is 1.70 bits per heavy atom. The van der Waals surface area contributed by atoms with Gasteiger partial charge < -0.3 is 21.1 Å². The fraction of sp³-hybridized carbons (Fsp3) is 0.321. The standard InChI is InChI=1S/C28H30F2N6O4/c1-28(2,3)40-27(39)36-13-12-17(14-22(36)33-26(38)16-8-5-4-6-9-16)32-21-15-20(34-35-24(21)25(31)37)23-18(29)10-7-11-19(23)30/h4-11,15,17,22H,12-14H2,1-3H3,(H2,31,37)(H,32,34)(H,33,38). The molecule has 1 aliphatic rings. The lowest BCUT2D eigenvalue weighted by Crippen LogP contribution is -2.57. The predicted octanol–water partition coefficient (Wildman–Crippen LogP) is 4.09. The van der Waals surface area contributed by atoms with Crippen LogP contribution in [0.15, 0.2) is 54.6 Å². The number of nitrogens with two attached hydrogens (primary N) is 1. The third-order valence-electron chi connectivity index (χ3n) is 6.17. The molecule has 12 heteroatoms. The summed E-state index contributed by atoms with van der Waals surface area (Å²) in [5, 5.41) is 13.7. The maximum atomic E-state index is 14.4. The highest BCUT2D eigenvalue weighted by atomic mass is 19.1. The molecule has 210 valence electrons. The van der Waals surface area contributed by atoms with Crippen LogP contribution in [0.25, 0.3) is 11.3 Å². The van der Waals surface area contributed by atoms with Gasteiger partial charge in [-0.05, 0) is 57.5 Å². The smallest absolute Gasteiger partial charge is 0.411 e. The number of rotatable bonds is 6. The molecule has 3 aromatic rings. The minimum atomic E-state index is -0.893. The zero-order chi connectivity index (χ0) is 29.0. The van der Waals surface area contributed by atoms with Crippen LogP contribution in [0.3, 0.4) is 0 Å². The number of carbonyl (C=O) groups excluding carboxylic acids is 3. The highest BCUT2D eigenvalue weighted by molar-refractivity contribution is 5.97. The number of likely N-dealkylation sites (tertiary alicyclic amines) is 1. The van der Waals surface area contributed by atoms with E-state index in [2.05, 4.69) is 20.8 Å². The topological polar surface area (TPSA) is 140 Å². The third-order valence-corrected chi connectivity index (χ3v) is 6.17. The summed E-state index contributed by atoms with van der Waals surface area (Å²) in [4.78, 5) is 39.5. The SMILES string of the molecule is CC(C)(C)OC(=O)N1CCC(Nc2cc(-c3c(F)cccc3F)nnc2C(N)=O)CC1NC(=O)c1ccccc1.